The van der Waals surface area contributed by atoms with E-state index in [0.29, 0.717) is 11.4 Å². The van der Waals surface area contributed by atoms with Crippen LogP contribution in [0.2, 0.25) is 0 Å². The minimum atomic E-state index is -0.883. The van der Waals surface area contributed by atoms with Crippen molar-refractivity contribution in [1.82, 2.24) is 0 Å². The monoisotopic (exact) mass is 230 g/mol. The summed E-state index contributed by atoms with van der Waals surface area (Å²) in [5, 5.41) is 17.4. The van der Waals surface area contributed by atoms with Gasteiger partial charge < -0.3 is 5.73 Å². The number of hydroxylamine groups is 1. The Hall–Kier alpha value is -2.47. The van der Waals surface area contributed by atoms with Crippen LogP contribution in [0.1, 0.15) is 5.56 Å². The molecular formula is C11H10N4O2. The van der Waals surface area contributed by atoms with E-state index in [4.69, 9.17) is 5.73 Å². The summed E-state index contributed by atoms with van der Waals surface area (Å²) in [6.07, 6.45) is 4.73. The number of urea groups is 1. The maximum Gasteiger partial charge on any atom is 0.356 e. The summed E-state index contributed by atoms with van der Waals surface area (Å²) in [5.41, 5.74) is 6.72. The second-order valence-electron chi connectivity index (χ2n) is 3.31. The fourth-order valence-electron chi connectivity index (χ4n) is 1.45. The van der Waals surface area contributed by atoms with Crippen molar-refractivity contribution in [3.63, 3.8) is 0 Å². The molecule has 0 bridgehead atoms. The number of rotatable bonds is 1. The Labute approximate surface area is 97.3 Å². The summed E-state index contributed by atoms with van der Waals surface area (Å²) in [5.74, 6) is 0. The largest absolute Gasteiger partial charge is 0.356 e. The number of nitrogens with two attached hydrogens (primary N) is 1. The second kappa shape index (κ2) is 4.58. The third-order valence-electron chi connectivity index (χ3n) is 2.19. The number of fused-ring (bicyclic) bond motifs is 1. The van der Waals surface area contributed by atoms with Crippen molar-refractivity contribution >= 4 is 17.8 Å². The average molecular weight is 230 g/mol. The number of amides is 2. The van der Waals surface area contributed by atoms with Gasteiger partial charge in [0.15, 0.2) is 0 Å². The number of carbonyl (C=O) groups is 1. The summed E-state index contributed by atoms with van der Waals surface area (Å²) in [6, 6.07) is 6.43. The van der Waals surface area contributed by atoms with E-state index in [0.717, 1.165) is 10.6 Å². The smallest absolute Gasteiger partial charge is 0.348 e. The predicted molar refractivity (Wildman–Crippen MR) is 62.3 cm³/mol. The number of para-hydroxylation sites is 1. The molecule has 86 valence electrons. The zero-order chi connectivity index (χ0) is 12.3. The van der Waals surface area contributed by atoms with E-state index in [2.05, 4.69) is 10.2 Å². The minimum Gasteiger partial charge on any atom is -0.348 e. The quantitative estimate of drug-likeness (QED) is 0.725. The lowest BCUT2D eigenvalue weighted by Gasteiger charge is -2.22. The zero-order valence-electron chi connectivity index (χ0n) is 8.82. The van der Waals surface area contributed by atoms with E-state index in [-0.39, 0.29) is 0 Å². The maximum absolute atomic E-state index is 10.4. The van der Waals surface area contributed by atoms with Gasteiger partial charge >= 0.3 is 6.03 Å². The van der Waals surface area contributed by atoms with Gasteiger partial charge in [-0.15, -0.1) is 0 Å². The van der Waals surface area contributed by atoms with Crippen molar-refractivity contribution < 1.29 is 10.0 Å². The van der Waals surface area contributed by atoms with E-state index >= 15 is 0 Å². The van der Waals surface area contributed by atoms with Crippen molar-refractivity contribution in [2.24, 2.45) is 16.0 Å². The zero-order valence-corrected chi connectivity index (χ0v) is 8.82. The summed E-state index contributed by atoms with van der Waals surface area (Å²) in [6.45, 7) is 0. The van der Waals surface area contributed by atoms with E-state index in [1.807, 2.05) is 24.3 Å². The molecule has 0 fully saturated rings. The van der Waals surface area contributed by atoms with Crippen LogP contribution in [0, 0.1) is 0 Å². The van der Waals surface area contributed by atoms with Crippen molar-refractivity contribution in [2.45, 2.75) is 0 Å². The molecule has 6 nitrogen and oxygen atoms in total. The fourth-order valence-corrected chi connectivity index (χ4v) is 1.45. The van der Waals surface area contributed by atoms with Gasteiger partial charge in [-0.25, -0.2) is 9.86 Å². The van der Waals surface area contributed by atoms with Crippen LogP contribution in [0.25, 0.3) is 6.08 Å². The Morgan fingerprint density at radius 3 is 2.88 bits per heavy atom. The first kappa shape index (κ1) is 11.0. The Balaban J connectivity index is 2.29. The van der Waals surface area contributed by atoms with Gasteiger partial charge in [-0.05, 0) is 12.1 Å². The Kier molecular flexibility index (Phi) is 2.97. The normalized spacial score (nSPS) is 16.5. The van der Waals surface area contributed by atoms with Crippen LogP contribution in [0.3, 0.4) is 0 Å². The van der Waals surface area contributed by atoms with Crippen LogP contribution in [-0.2, 0) is 0 Å². The van der Waals surface area contributed by atoms with Crippen LogP contribution in [0.15, 0.2) is 52.5 Å². The summed E-state index contributed by atoms with van der Waals surface area (Å²) >= 11 is 0. The maximum atomic E-state index is 10.4. The molecule has 6 heteroatoms. The molecule has 0 spiro atoms. The number of allylic oxidation sites excluding steroid dienone is 1. The molecule has 3 N–H and O–H groups in total. The third-order valence-corrected chi connectivity index (χ3v) is 2.19. The lowest BCUT2D eigenvalue weighted by atomic mass is 10.1. The molecule has 0 radical (unpaired) electrons. The number of primary amides is 1. The fraction of sp³-hybridized carbons (Fsp3) is 0. The molecule has 0 aromatic heterocycles. The van der Waals surface area contributed by atoms with Crippen molar-refractivity contribution in [1.29, 1.82) is 0 Å². The van der Waals surface area contributed by atoms with Gasteiger partial charge in [0.05, 0.1) is 17.6 Å². The van der Waals surface area contributed by atoms with Crippen molar-refractivity contribution in [3.05, 3.63) is 47.8 Å². The second-order valence-corrected chi connectivity index (χ2v) is 3.31. The molecule has 0 aliphatic carbocycles. The van der Waals surface area contributed by atoms with Gasteiger partial charge in [-0.2, -0.15) is 5.11 Å². The Morgan fingerprint density at radius 2 is 2.12 bits per heavy atom. The van der Waals surface area contributed by atoms with Gasteiger partial charge in [-0.3, -0.25) is 5.21 Å². The van der Waals surface area contributed by atoms with E-state index in [9.17, 15) is 10.0 Å². The van der Waals surface area contributed by atoms with Gasteiger partial charge in [0.25, 0.3) is 0 Å². The molecule has 1 aromatic rings. The molecule has 1 aliphatic heterocycles. The standard InChI is InChI=1S/C11H10N4O2/c12-11(16)14-13-7-9-6-5-8-3-1-2-4-10(8)15(9)17/h1-7,17H,(H2,12,16)/b9-7-,14-13?. The first-order valence-corrected chi connectivity index (χ1v) is 4.85. The molecule has 0 atom stereocenters. The lowest BCUT2D eigenvalue weighted by molar-refractivity contribution is 0.255. The van der Waals surface area contributed by atoms with Crippen LogP contribution in [0.4, 0.5) is 10.5 Å². The molecular weight excluding hydrogens is 220 g/mol. The molecule has 0 unspecified atom stereocenters. The average Bonchev–Trinajstić information content (AvgIpc) is 2.32. The topological polar surface area (TPSA) is 91.3 Å². The van der Waals surface area contributed by atoms with Crippen molar-refractivity contribution in [3.8, 4) is 0 Å². The Morgan fingerprint density at radius 1 is 1.35 bits per heavy atom. The van der Waals surface area contributed by atoms with E-state index in [1.54, 1.807) is 12.1 Å². The summed E-state index contributed by atoms with van der Waals surface area (Å²) in [4.78, 5) is 10.4. The van der Waals surface area contributed by atoms with Crippen LogP contribution >= 0.6 is 0 Å². The minimum absolute atomic E-state index is 0.397. The van der Waals surface area contributed by atoms with Gasteiger partial charge in [0, 0.05) is 5.56 Å². The van der Waals surface area contributed by atoms with Crippen LogP contribution in [-0.4, -0.2) is 11.2 Å². The SMILES string of the molecule is NC(=O)N=N/C=C1/C=Cc2ccccc2N1O. The molecule has 2 amide bonds. The first-order chi connectivity index (χ1) is 8.18. The molecule has 0 saturated heterocycles. The number of carbonyl (C=O) groups excluding carboxylic acids is 1. The number of anilines is 1. The highest BCUT2D eigenvalue weighted by atomic mass is 16.5. The van der Waals surface area contributed by atoms with Crippen molar-refractivity contribution in [2.75, 3.05) is 5.06 Å². The highest BCUT2D eigenvalue weighted by molar-refractivity contribution is 5.75. The number of hydrogen-bond donors (Lipinski definition) is 2. The van der Waals surface area contributed by atoms with E-state index < -0.39 is 6.03 Å². The third kappa shape index (κ3) is 2.37. The molecule has 0 saturated carbocycles. The predicted octanol–water partition coefficient (Wildman–Crippen LogP) is 2.28. The van der Waals surface area contributed by atoms with Gasteiger partial charge in [0.1, 0.15) is 0 Å². The van der Waals surface area contributed by atoms with Crippen LogP contribution < -0.4 is 10.8 Å². The number of nitrogens with zero attached hydrogens (tertiary/aromatic N) is 3. The number of benzene rings is 1. The highest BCUT2D eigenvalue weighted by Crippen LogP contribution is 2.28. The number of hydrogen-bond acceptors (Lipinski definition) is 4. The number of azo groups is 1. The highest BCUT2D eigenvalue weighted by Gasteiger charge is 2.14. The van der Waals surface area contributed by atoms with Crippen LogP contribution in [0.5, 0.6) is 0 Å². The molecule has 1 heterocycles. The van der Waals surface area contributed by atoms with Gasteiger partial charge in [0.2, 0.25) is 0 Å². The Bertz CT molecular complexity index is 534. The molecule has 17 heavy (non-hydrogen) atoms. The molecule has 2 rings (SSSR count). The van der Waals surface area contributed by atoms with E-state index in [1.165, 1.54) is 6.20 Å². The molecule has 1 aliphatic rings. The summed E-state index contributed by atoms with van der Waals surface area (Å²) < 4.78 is 0. The first-order valence-electron chi connectivity index (χ1n) is 4.85. The lowest BCUT2D eigenvalue weighted by Crippen LogP contribution is -2.19. The molecule has 1 aromatic carbocycles. The van der Waals surface area contributed by atoms with Gasteiger partial charge in [-0.1, -0.05) is 29.4 Å². The summed E-state index contributed by atoms with van der Waals surface area (Å²) in [7, 11) is 0.